The van der Waals surface area contributed by atoms with Gasteiger partial charge in [-0.15, -0.1) is 0 Å². The predicted molar refractivity (Wildman–Crippen MR) is 211 cm³/mol. The maximum atomic E-state index is 6.60. The smallest absolute Gasteiger partial charge is 0.136 e. The van der Waals surface area contributed by atoms with Crippen molar-refractivity contribution in [1.29, 1.82) is 0 Å². The van der Waals surface area contributed by atoms with Crippen molar-refractivity contribution in [3.05, 3.63) is 193 Å². The molecule has 1 aliphatic rings. The van der Waals surface area contributed by atoms with Gasteiger partial charge in [0.1, 0.15) is 29.3 Å². The number of benzene rings is 8. The van der Waals surface area contributed by atoms with E-state index in [0.717, 1.165) is 55.6 Å². The van der Waals surface area contributed by atoms with E-state index in [0.29, 0.717) is 0 Å². The van der Waals surface area contributed by atoms with Gasteiger partial charge in [0.25, 0.3) is 0 Å². The van der Waals surface area contributed by atoms with Gasteiger partial charge in [0.15, 0.2) is 0 Å². The maximum Gasteiger partial charge on any atom is 0.136 e. The monoisotopic (exact) mass is 655 g/mol. The Morgan fingerprint density at radius 1 is 0.471 bits per heavy atom. The van der Waals surface area contributed by atoms with Gasteiger partial charge < -0.3 is 9.73 Å². The van der Waals surface area contributed by atoms with Crippen LogP contribution in [-0.4, -0.2) is 5.84 Å². The highest BCUT2D eigenvalue weighted by Gasteiger charge is 2.28. The standard InChI is InChI=1S/C47H33N3O/c1-3-11-30(12-4-1)31-21-26-35(27-22-31)46-48-45(34-14-5-2-6-15-34)49-47(50-46)39-18-10-20-42-44(39)43-38(17-9-19-41(43)51-42)36-28-25-33-24-23-32-13-7-8-16-37(32)40(33)29-36/h1-29,45,47,49H,(H,48,50). The second-order valence-electron chi connectivity index (χ2n) is 13.2. The van der Waals surface area contributed by atoms with Crippen molar-refractivity contribution >= 4 is 49.3 Å². The second kappa shape index (κ2) is 12.1. The van der Waals surface area contributed by atoms with Crippen LogP contribution < -0.4 is 10.6 Å². The Balaban J connectivity index is 1.11. The lowest BCUT2D eigenvalue weighted by atomic mass is 9.93. The molecular formula is C47H33N3O. The van der Waals surface area contributed by atoms with Crippen LogP contribution in [0.3, 0.4) is 0 Å². The Morgan fingerprint density at radius 3 is 1.92 bits per heavy atom. The van der Waals surface area contributed by atoms with Gasteiger partial charge in [-0.2, -0.15) is 0 Å². The van der Waals surface area contributed by atoms with Crippen LogP contribution >= 0.6 is 0 Å². The molecule has 9 aromatic rings. The summed E-state index contributed by atoms with van der Waals surface area (Å²) < 4.78 is 6.60. The minimum absolute atomic E-state index is 0.241. The molecule has 8 aromatic carbocycles. The summed E-state index contributed by atoms with van der Waals surface area (Å²) in [4.78, 5) is 5.22. The SMILES string of the molecule is c1ccc(-c2ccc(C3=NC(c4ccccc4)NC(c4cccc5oc6cccc(-c7ccc8ccc9ccccc9c8c7)c6c45)N3)cc2)cc1. The van der Waals surface area contributed by atoms with Gasteiger partial charge in [-0.3, -0.25) is 5.32 Å². The van der Waals surface area contributed by atoms with Crippen LogP contribution in [0.4, 0.5) is 0 Å². The van der Waals surface area contributed by atoms with Crippen molar-refractivity contribution in [3.63, 3.8) is 0 Å². The van der Waals surface area contributed by atoms with Crippen LogP contribution in [0.2, 0.25) is 0 Å². The van der Waals surface area contributed by atoms with E-state index in [9.17, 15) is 0 Å². The molecule has 0 spiro atoms. The van der Waals surface area contributed by atoms with Crippen LogP contribution in [0.5, 0.6) is 0 Å². The Morgan fingerprint density at radius 2 is 1.10 bits per heavy atom. The molecule has 1 aliphatic heterocycles. The van der Waals surface area contributed by atoms with E-state index in [2.05, 4.69) is 174 Å². The topological polar surface area (TPSA) is 49.6 Å². The summed E-state index contributed by atoms with van der Waals surface area (Å²) in [7, 11) is 0. The highest BCUT2D eigenvalue weighted by Crippen LogP contribution is 2.41. The molecule has 4 heteroatoms. The quantitative estimate of drug-likeness (QED) is 0.181. The van der Waals surface area contributed by atoms with Crippen molar-refractivity contribution in [2.45, 2.75) is 12.3 Å². The lowest BCUT2D eigenvalue weighted by Gasteiger charge is -2.32. The molecule has 2 heterocycles. The third-order valence-corrected chi connectivity index (χ3v) is 10.2. The Kier molecular flexibility index (Phi) is 7.00. The molecule has 2 N–H and O–H groups in total. The number of hydrogen-bond donors (Lipinski definition) is 2. The van der Waals surface area contributed by atoms with E-state index in [-0.39, 0.29) is 12.3 Å². The Bertz CT molecular complexity index is 2750. The molecule has 0 aliphatic carbocycles. The largest absolute Gasteiger partial charge is 0.456 e. The summed E-state index contributed by atoms with van der Waals surface area (Å²) in [6.07, 6.45) is -0.488. The number of amidine groups is 1. The number of furan rings is 1. The first-order valence-electron chi connectivity index (χ1n) is 17.4. The van der Waals surface area contributed by atoms with Gasteiger partial charge in [0, 0.05) is 21.9 Å². The number of nitrogens with one attached hydrogen (secondary N) is 2. The van der Waals surface area contributed by atoms with Crippen LogP contribution in [0, 0.1) is 0 Å². The normalized spacial score (nSPS) is 16.0. The fraction of sp³-hybridized carbons (Fsp3) is 0.0426. The first-order valence-corrected chi connectivity index (χ1v) is 17.4. The number of rotatable bonds is 5. The van der Waals surface area contributed by atoms with Gasteiger partial charge in [-0.05, 0) is 67.6 Å². The molecule has 0 saturated heterocycles. The molecule has 10 rings (SSSR count). The van der Waals surface area contributed by atoms with Crippen LogP contribution in [0.15, 0.2) is 185 Å². The van der Waals surface area contributed by atoms with Crippen molar-refractivity contribution in [1.82, 2.24) is 10.6 Å². The van der Waals surface area contributed by atoms with Crippen molar-refractivity contribution in [3.8, 4) is 22.3 Å². The molecule has 0 bridgehead atoms. The lowest BCUT2D eigenvalue weighted by molar-refractivity contribution is 0.411. The fourth-order valence-corrected chi connectivity index (χ4v) is 7.67. The first kappa shape index (κ1) is 29.4. The third-order valence-electron chi connectivity index (χ3n) is 10.2. The summed E-state index contributed by atoms with van der Waals surface area (Å²) in [5.74, 6) is 0.846. The molecule has 0 radical (unpaired) electrons. The fourth-order valence-electron chi connectivity index (χ4n) is 7.67. The summed E-state index contributed by atoms with van der Waals surface area (Å²) >= 11 is 0. The van der Waals surface area contributed by atoms with Gasteiger partial charge in [-0.1, -0.05) is 158 Å². The second-order valence-corrected chi connectivity index (χ2v) is 13.2. The summed E-state index contributed by atoms with van der Waals surface area (Å²) in [6.45, 7) is 0. The summed E-state index contributed by atoms with van der Waals surface area (Å²) in [5.41, 5.74) is 9.66. The van der Waals surface area contributed by atoms with Gasteiger partial charge in [-0.25, -0.2) is 4.99 Å². The number of fused-ring (bicyclic) bond motifs is 6. The summed E-state index contributed by atoms with van der Waals surface area (Å²) in [5, 5.41) is 14.8. The molecule has 0 fully saturated rings. The molecule has 2 atom stereocenters. The van der Waals surface area contributed by atoms with Crippen LogP contribution in [-0.2, 0) is 0 Å². The van der Waals surface area contributed by atoms with E-state index in [1.807, 2.05) is 12.1 Å². The highest BCUT2D eigenvalue weighted by atomic mass is 16.3. The van der Waals surface area contributed by atoms with Gasteiger partial charge in [0.2, 0.25) is 0 Å². The zero-order valence-corrected chi connectivity index (χ0v) is 27.8. The molecule has 2 unspecified atom stereocenters. The van der Waals surface area contributed by atoms with E-state index in [1.165, 1.54) is 32.7 Å². The number of hydrogen-bond acceptors (Lipinski definition) is 4. The molecule has 242 valence electrons. The van der Waals surface area contributed by atoms with Crippen molar-refractivity contribution in [2.75, 3.05) is 0 Å². The zero-order valence-electron chi connectivity index (χ0n) is 27.8. The minimum Gasteiger partial charge on any atom is -0.456 e. The first-order chi connectivity index (χ1) is 25.3. The Labute approximate surface area is 295 Å². The Hall–Kier alpha value is -6.49. The predicted octanol–water partition coefficient (Wildman–Crippen LogP) is 11.6. The van der Waals surface area contributed by atoms with Crippen molar-refractivity contribution < 1.29 is 4.42 Å². The van der Waals surface area contributed by atoms with Gasteiger partial charge >= 0.3 is 0 Å². The average Bonchev–Trinajstić information content (AvgIpc) is 3.60. The van der Waals surface area contributed by atoms with Crippen LogP contribution in [0.25, 0.3) is 65.7 Å². The molecule has 0 saturated carbocycles. The molecule has 4 nitrogen and oxygen atoms in total. The van der Waals surface area contributed by atoms with E-state index in [4.69, 9.17) is 9.41 Å². The van der Waals surface area contributed by atoms with Crippen LogP contribution in [0.1, 0.15) is 29.0 Å². The molecule has 1 aromatic heterocycles. The molecule has 0 amide bonds. The molecular weight excluding hydrogens is 623 g/mol. The highest BCUT2D eigenvalue weighted by molar-refractivity contribution is 6.16. The average molecular weight is 656 g/mol. The van der Waals surface area contributed by atoms with E-state index < -0.39 is 0 Å². The zero-order chi connectivity index (χ0) is 33.7. The van der Waals surface area contributed by atoms with Gasteiger partial charge in [0.05, 0.1) is 0 Å². The maximum absolute atomic E-state index is 6.60. The van der Waals surface area contributed by atoms with E-state index in [1.54, 1.807) is 0 Å². The van der Waals surface area contributed by atoms with E-state index >= 15 is 0 Å². The minimum atomic E-state index is -0.247. The summed E-state index contributed by atoms with van der Waals surface area (Å²) in [6, 6.07) is 62.2. The lowest BCUT2D eigenvalue weighted by Crippen LogP contribution is -2.45. The third kappa shape index (κ3) is 5.16. The van der Waals surface area contributed by atoms with Crippen molar-refractivity contribution in [2.24, 2.45) is 4.99 Å². The number of nitrogens with zero attached hydrogens (tertiary/aromatic N) is 1. The number of aliphatic imine (C=N–C) groups is 1. The molecule has 51 heavy (non-hydrogen) atoms.